The van der Waals surface area contributed by atoms with E-state index >= 15 is 0 Å². The standard InChI is InChI=1S/C11H8O3S/c12-8(10-3-1-5-14-10)7-9(13)11-4-2-6-15-11/h1-6H,7H2. The Bertz CT molecular complexity index is 410. The van der Waals surface area contributed by atoms with Gasteiger partial charge in [0.2, 0.25) is 5.78 Å². The lowest BCUT2D eigenvalue weighted by Crippen LogP contribution is -2.06. The fourth-order valence-electron chi connectivity index (χ4n) is 1.19. The third kappa shape index (κ3) is 2.22. The molecule has 76 valence electrons. The molecule has 0 fully saturated rings. The fraction of sp³-hybridized carbons (Fsp3) is 0.0909. The smallest absolute Gasteiger partial charge is 0.205 e. The zero-order valence-corrected chi connectivity index (χ0v) is 8.62. The highest BCUT2D eigenvalue weighted by Crippen LogP contribution is 2.13. The van der Waals surface area contributed by atoms with Crippen LogP contribution in [0.5, 0.6) is 0 Å². The summed E-state index contributed by atoms with van der Waals surface area (Å²) in [5.41, 5.74) is 0. The number of thiophene rings is 1. The molecule has 0 saturated carbocycles. The molecule has 0 aliphatic rings. The van der Waals surface area contributed by atoms with Crippen LogP contribution < -0.4 is 0 Å². The Morgan fingerprint density at radius 2 is 2.07 bits per heavy atom. The van der Waals surface area contributed by atoms with Crippen LogP contribution in [0.25, 0.3) is 0 Å². The van der Waals surface area contributed by atoms with E-state index in [1.54, 1.807) is 24.3 Å². The van der Waals surface area contributed by atoms with Gasteiger partial charge in [-0.05, 0) is 23.6 Å². The first-order valence-electron chi connectivity index (χ1n) is 4.41. The minimum atomic E-state index is -0.279. The molecule has 0 unspecified atom stereocenters. The van der Waals surface area contributed by atoms with E-state index < -0.39 is 0 Å². The molecule has 0 N–H and O–H groups in total. The SMILES string of the molecule is O=C(CC(=O)c1cccs1)c1ccco1. The van der Waals surface area contributed by atoms with Crippen LogP contribution >= 0.6 is 11.3 Å². The number of rotatable bonds is 4. The molecule has 0 saturated heterocycles. The Morgan fingerprint density at radius 1 is 1.20 bits per heavy atom. The van der Waals surface area contributed by atoms with Gasteiger partial charge in [0, 0.05) is 0 Å². The van der Waals surface area contributed by atoms with Gasteiger partial charge in [-0.1, -0.05) is 6.07 Å². The van der Waals surface area contributed by atoms with Crippen LogP contribution in [0.3, 0.4) is 0 Å². The van der Waals surface area contributed by atoms with E-state index in [2.05, 4.69) is 0 Å². The molecule has 0 amide bonds. The van der Waals surface area contributed by atoms with Crippen LogP contribution in [-0.4, -0.2) is 11.6 Å². The number of carbonyl (C=O) groups is 2. The predicted molar refractivity (Wildman–Crippen MR) is 56.3 cm³/mol. The van der Waals surface area contributed by atoms with Crippen molar-refractivity contribution in [3.05, 3.63) is 46.5 Å². The van der Waals surface area contributed by atoms with E-state index in [-0.39, 0.29) is 23.7 Å². The van der Waals surface area contributed by atoms with Gasteiger partial charge in [0.05, 0.1) is 17.6 Å². The van der Waals surface area contributed by atoms with Crippen LogP contribution in [-0.2, 0) is 0 Å². The number of hydrogen-bond donors (Lipinski definition) is 0. The van der Waals surface area contributed by atoms with Crippen LogP contribution in [0, 0.1) is 0 Å². The van der Waals surface area contributed by atoms with Crippen LogP contribution in [0.4, 0.5) is 0 Å². The van der Waals surface area contributed by atoms with Gasteiger partial charge in [0.25, 0.3) is 0 Å². The zero-order chi connectivity index (χ0) is 10.7. The summed E-state index contributed by atoms with van der Waals surface area (Å²) in [7, 11) is 0. The highest BCUT2D eigenvalue weighted by atomic mass is 32.1. The van der Waals surface area contributed by atoms with Crippen LogP contribution in [0.15, 0.2) is 40.3 Å². The number of carbonyl (C=O) groups excluding carboxylic acids is 2. The lowest BCUT2D eigenvalue weighted by atomic mass is 10.1. The third-order valence-electron chi connectivity index (χ3n) is 1.91. The third-order valence-corrected chi connectivity index (χ3v) is 2.82. The lowest BCUT2D eigenvalue weighted by Gasteiger charge is -1.94. The van der Waals surface area contributed by atoms with Crippen molar-refractivity contribution in [3.8, 4) is 0 Å². The molecular weight excluding hydrogens is 212 g/mol. The highest BCUT2D eigenvalue weighted by molar-refractivity contribution is 7.12. The Hall–Kier alpha value is -1.68. The van der Waals surface area contributed by atoms with Crippen LogP contribution in [0.1, 0.15) is 26.6 Å². The maximum Gasteiger partial charge on any atom is 0.205 e. The maximum atomic E-state index is 11.6. The van der Waals surface area contributed by atoms with E-state index in [0.29, 0.717) is 4.88 Å². The van der Waals surface area contributed by atoms with Gasteiger partial charge in [-0.15, -0.1) is 11.3 Å². The van der Waals surface area contributed by atoms with Crippen molar-refractivity contribution in [3.63, 3.8) is 0 Å². The van der Waals surface area contributed by atoms with E-state index in [9.17, 15) is 9.59 Å². The molecule has 0 aliphatic heterocycles. The van der Waals surface area contributed by atoms with Crippen molar-refractivity contribution >= 4 is 22.9 Å². The van der Waals surface area contributed by atoms with Gasteiger partial charge in [0.15, 0.2) is 11.5 Å². The van der Waals surface area contributed by atoms with Crippen LogP contribution in [0.2, 0.25) is 0 Å². The second kappa shape index (κ2) is 4.23. The van der Waals surface area contributed by atoms with E-state index in [1.807, 2.05) is 5.38 Å². The monoisotopic (exact) mass is 220 g/mol. The van der Waals surface area contributed by atoms with E-state index in [4.69, 9.17) is 4.42 Å². The molecule has 2 aromatic rings. The van der Waals surface area contributed by atoms with Gasteiger partial charge in [0.1, 0.15) is 0 Å². The number of Topliss-reactive ketones (excluding diaryl/α,β-unsaturated/α-hetero) is 2. The van der Waals surface area contributed by atoms with E-state index in [1.165, 1.54) is 17.6 Å². The molecule has 0 radical (unpaired) electrons. The van der Waals surface area contributed by atoms with Gasteiger partial charge < -0.3 is 4.42 Å². The molecule has 2 aromatic heterocycles. The molecule has 3 nitrogen and oxygen atoms in total. The second-order valence-corrected chi connectivity index (χ2v) is 3.93. The van der Waals surface area contributed by atoms with Gasteiger partial charge in [-0.25, -0.2) is 0 Å². The number of ketones is 2. The quantitative estimate of drug-likeness (QED) is 0.588. The van der Waals surface area contributed by atoms with E-state index in [0.717, 1.165) is 0 Å². The van der Waals surface area contributed by atoms with Crippen molar-refractivity contribution < 1.29 is 14.0 Å². The summed E-state index contributed by atoms with van der Waals surface area (Å²) in [5, 5.41) is 1.81. The van der Waals surface area contributed by atoms with Crippen molar-refractivity contribution in [1.29, 1.82) is 0 Å². The summed E-state index contributed by atoms with van der Waals surface area (Å²) in [6, 6.07) is 6.69. The average Bonchev–Trinajstić information content (AvgIpc) is 2.91. The normalized spacial score (nSPS) is 10.1. The maximum absolute atomic E-state index is 11.6. The first-order valence-corrected chi connectivity index (χ1v) is 5.29. The van der Waals surface area contributed by atoms with Crippen molar-refractivity contribution in [2.75, 3.05) is 0 Å². The fourth-order valence-corrected chi connectivity index (χ4v) is 1.86. The molecule has 0 spiro atoms. The molecular formula is C11H8O3S. The summed E-state index contributed by atoms with van der Waals surface area (Å²) >= 11 is 1.34. The Labute approximate surface area is 90.3 Å². The number of hydrogen-bond acceptors (Lipinski definition) is 4. The minimum absolute atomic E-state index is 0.131. The summed E-state index contributed by atoms with van der Waals surface area (Å²) in [6.45, 7) is 0. The molecule has 0 bridgehead atoms. The summed E-state index contributed by atoms with van der Waals surface area (Å²) in [4.78, 5) is 23.7. The molecule has 2 rings (SSSR count). The largest absolute Gasteiger partial charge is 0.461 e. The summed E-state index contributed by atoms with van der Waals surface area (Å²) in [6.07, 6.45) is 1.29. The molecule has 2 heterocycles. The molecule has 15 heavy (non-hydrogen) atoms. The lowest BCUT2D eigenvalue weighted by molar-refractivity contribution is 0.0880. The Balaban J connectivity index is 2.04. The summed E-state index contributed by atoms with van der Waals surface area (Å²) in [5.74, 6) is -0.204. The molecule has 0 aromatic carbocycles. The Kier molecular flexibility index (Phi) is 2.78. The number of furan rings is 1. The van der Waals surface area contributed by atoms with Crippen molar-refractivity contribution in [1.82, 2.24) is 0 Å². The first-order chi connectivity index (χ1) is 7.27. The topological polar surface area (TPSA) is 47.3 Å². The van der Waals surface area contributed by atoms with Crippen molar-refractivity contribution in [2.45, 2.75) is 6.42 Å². The first kappa shape index (κ1) is 9.86. The summed E-state index contributed by atoms with van der Waals surface area (Å²) < 4.78 is 4.92. The van der Waals surface area contributed by atoms with Gasteiger partial charge in [-0.3, -0.25) is 9.59 Å². The van der Waals surface area contributed by atoms with Gasteiger partial charge in [-0.2, -0.15) is 0 Å². The average molecular weight is 220 g/mol. The predicted octanol–water partition coefficient (Wildman–Crippen LogP) is 2.80. The molecule has 4 heteroatoms. The zero-order valence-electron chi connectivity index (χ0n) is 7.80. The highest BCUT2D eigenvalue weighted by Gasteiger charge is 2.15. The Morgan fingerprint density at radius 3 is 2.67 bits per heavy atom. The molecule has 0 aliphatic carbocycles. The minimum Gasteiger partial charge on any atom is -0.461 e. The van der Waals surface area contributed by atoms with Crippen molar-refractivity contribution in [2.24, 2.45) is 0 Å². The molecule has 0 atom stereocenters. The van der Waals surface area contributed by atoms with Gasteiger partial charge >= 0.3 is 0 Å². The second-order valence-electron chi connectivity index (χ2n) is 2.98.